The van der Waals surface area contributed by atoms with Crippen LogP contribution in [0.15, 0.2) is 30.3 Å². The molecule has 3 heteroatoms. The molecule has 0 radical (unpaired) electrons. The molecule has 102 valence electrons. The fourth-order valence-electron chi connectivity index (χ4n) is 2.50. The molecule has 0 heterocycles. The first-order valence-electron chi connectivity index (χ1n) is 6.95. The summed E-state index contributed by atoms with van der Waals surface area (Å²) in [6, 6.07) is 7.50. The van der Waals surface area contributed by atoms with E-state index in [2.05, 4.69) is 12.2 Å². The Morgan fingerprint density at radius 3 is 2.84 bits per heavy atom. The summed E-state index contributed by atoms with van der Waals surface area (Å²) >= 11 is 0. The molecule has 1 fully saturated rings. The van der Waals surface area contributed by atoms with Gasteiger partial charge in [-0.1, -0.05) is 25.5 Å². The summed E-state index contributed by atoms with van der Waals surface area (Å²) in [6.45, 7) is 3.00. The number of hydrogen-bond donors (Lipinski definition) is 2. The van der Waals surface area contributed by atoms with Crippen molar-refractivity contribution in [3.05, 3.63) is 35.9 Å². The van der Waals surface area contributed by atoms with Gasteiger partial charge in [-0.05, 0) is 48.4 Å². The van der Waals surface area contributed by atoms with Gasteiger partial charge in [0.1, 0.15) is 0 Å². The fourth-order valence-corrected chi connectivity index (χ4v) is 2.50. The molecule has 1 amide bonds. The van der Waals surface area contributed by atoms with E-state index in [0.29, 0.717) is 11.1 Å². The maximum Gasteiger partial charge on any atom is 0.244 e. The minimum atomic E-state index is -0.0258. The Kier molecular flexibility index (Phi) is 4.25. The number of benzene rings is 1. The van der Waals surface area contributed by atoms with Crippen LogP contribution in [0.4, 0.5) is 5.69 Å². The summed E-state index contributed by atoms with van der Waals surface area (Å²) in [5, 5.41) is 3.00. The van der Waals surface area contributed by atoms with Crippen molar-refractivity contribution in [3.63, 3.8) is 0 Å². The van der Waals surface area contributed by atoms with Crippen LogP contribution in [0, 0.1) is 5.41 Å². The third-order valence-electron chi connectivity index (χ3n) is 4.14. The highest BCUT2D eigenvalue weighted by atomic mass is 16.1. The second-order valence-corrected chi connectivity index (χ2v) is 5.43. The first-order chi connectivity index (χ1) is 9.13. The van der Waals surface area contributed by atoms with E-state index < -0.39 is 0 Å². The SMILES string of the molecule is CCC1(CNC(=O)/C=C/c2cccc(N)c2)CCC1. The molecule has 1 aliphatic carbocycles. The average Bonchev–Trinajstić information content (AvgIpc) is 2.36. The van der Waals surface area contributed by atoms with E-state index in [1.54, 1.807) is 12.2 Å². The molecule has 0 aromatic heterocycles. The standard InChI is InChI=1S/C16H22N2O/c1-2-16(9-4-10-16)12-18-15(19)8-7-13-5-3-6-14(17)11-13/h3,5-8,11H,2,4,9-10,12,17H2,1H3,(H,18,19)/b8-7+. The maximum atomic E-state index is 11.8. The average molecular weight is 258 g/mol. The van der Waals surface area contributed by atoms with Gasteiger partial charge in [-0.2, -0.15) is 0 Å². The number of carbonyl (C=O) groups is 1. The van der Waals surface area contributed by atoms with E-state index in [1.807, 2.05) is 24.3 Å². The maximum absolute atomic E-state index is 11.8. The number of nitrogen functional groups attached to an aromatic ring is 1. The van der Waals surface area contributed by atoms with Crippen LogP contribution >= 0.6 is 0 Å². The monoisotopic (exact) mass is 258 g/mol. The Labute approximate surface area is 114 Å². The highest BCUT2D eigenvalue weighted by Gasteiger charge is 2.34. The minimum Gasteiger partial charge on any atom is -0.399 e. The Morgan fingerprint density at radius 1 is 1.47 bits per heavy atom. The molecule has 1 aromatic rings. The number of hydrogen-bond acceptors (Lipinski definition) is 2. The lowest BCUT2D eigenvalue weighted by Crippen LogP contribution is -2.41. The highest BCUT2D eigenvalue weighted by molar-refractivity contribution is 5.91. The number of nitrogens with two attached hydrogens (primary N) is 1. The molecule has 2 rings (SSSR count). The van der Waals surface area contributed by atoms with Crippen molar-refractivity contribution >= 4 is 17.7 Å². The Morgan fingerprint density at radius 2 is 2.26 bits per heavy atom. The third kappa shape index (κ3) is 3.60. The minimum absolute atomic E-state index is 0.0258. The van der Waals surface area contributed by atoms with Crippen molar-refractivity contribution in [1.82, 2.24) is 5.32 Å². The van der Waals surface area contributed by atoms with Gasteiger partial charge in [-0.25, -0.2) is 0 Å². The topological polar surface area (TPSA) is 55.1 Å². The molecule has 0 unspecified atom stereocenters. The summed E-state index contributed by atoms with van der Waals surface area (Å²) < 4.78 is 0. The molecule has 0 saturated heterocycles. The summed E-state index contributed by atoms with van der Waals surface area (Å²) in [7, 11) is 0. The zero-order valence-corrected chi connectivity index (χ0v) is 11.5. The molecule has 3 N–H and O–H groups in total. The predicted molar refractivity (Wildman–Crippen MR) is 79.5 cm³/mol. The normalized spacial score (nSPS) is 17.1. The highest BCUT2D eigenvalue weighted by Crippen LogP contribution is 2.42. The van der Waals surface area contributed by atoms with Gasteiger partial charge in [-0.3, -0.25) is 4.79 Å². The third-order valence-corrected chi connectivity index (χ3v) is 4.14. The molecule has 1 aromatic carbocycles. The van der Waals surface area contributed by atoms with E-state index in [-0.39, 0.29) is 5.91 Å². The first kappa shape index (κ1) is 13.7. The van der Waals surface area contributed by atoms with Crippen LogP contribution < -0.4 is 11.1 Å². The summed E-state index contributed by atoms with van der Waals surface area (Å²) in [6.07, 6.45) is 8.29. The van der Waals surface area contributed by atoms with E-state index in [9.17, 15) is 4.79 Å². The molecule has 1 aliphatic rings. The Bertz CT molecular complexity index is 470. The van der Waals surface area contributed by atoms with E-state index in [1.165, 1.54) is 19.3 Å². The van der Waals surface area contributed by atoms with Crippen molar-refractivity contribution in [2.75, 3.05) is 12.3 Å². The van der Waals surface area contributed by atoms with Crippen LogP contribution in [-0.4, -0.2) is 12.5 Å². The fraction of sp³-hybridized carbons (Fsp3) is 0.438. The van der Waals surface area contributed by atoms with Gasteiger partial charge in [0.25, 0.3) is 0 Å². The molecule has 3 nitrogen and oxygen atoms in total. The van der Waals surface area contributed by atoms with Gasteiger partial charge in [0.2, 0.25) is 5.91 Å². The lowest BCUT2D eigenvalue weighted by atomic mass is 9.67. The van der Waals surface area contributed by atoms with Gasteiger partial charge in [0.15, 0.2) is 0 Å². The molecule has 1 saturated carbocycles. The lowest BCUT2D eigenvalue weighted by Gasteiger charge is -2.41. The number of anilines is 1. The molecule has 0 bridgehead atoms. The largest absolute Gasteiger partial charge is 0.399 e. The Balaban J connectivity index is 1.84. The van der Waals surface area contributed by atoms with Gasteiger partial charge < -0.3 is 11.1 Å². The van der Waals surface area contributed by atoms with Crippen molar-refractivity contribution in [3.8, 4) is 0 Å². The molecule has 0 spiro atoms. The van der Waals surface area contributed by atoms with Crippen molar-refractivity contribution in [2.45, 2.75) is 32.6 Å². The van der Waals surface area contributed by atoms with Gasteiger partial charge in [0.05, 0.1) is 0 Å². The van der Waals surface area contributed by atoms with E-state index >= 15 is 0 Å². The van der Waals surface area contributed by atoms with Crippen LogP contribution in [0.25, 0.3) is 6.08 Å². The quantitative estimate of drug-likeness (QED) is 0.630. The van der Waals surface area contributed by atoms with Crippen LogP contribution in [0.5, 0.6) is 0 Å². The van der Waals surface area contributed by atoms with Crippen molar-refractivity contribution in [1.29, 1.82) is 0 Å². The number of rotatable bonds is 5. The lowest BCUT2D eigenvalue weighted by molar-refractivity contribution is -0.117. The smallest absolute Gasteiger partial charge is 0.244 e. The molecule has 19 heavy (non-hydrogen) atoms. The summed E-state index contributed by atoms with van der Waals surface area (Å²) in [5.41, 5.74) is 7.71. The first-order valence-corrected chi connectivity index (χ1v) is 6.95. The van der Waals surface area contributed by atoms with Crippen LogP contribution in [0.2, 0.25) is 0 Å². The van der Waals surface area contributed by atoms with Crippen LogP contribution in [0.3, 0.4) is 0 Å². The van der Waals surface area contributed by atoms with E-state index in [0.717, 1.165) is 18.5 Å². The molecule has 0 atom stereocenters. The number of nitrogens with one attached hydrogen (secondary N) is 1. The molecular weight excluding hydrogens is 236 g/mol. The van der Waals surface area contributed by atoms with Gasteiger partial charge >= 0.3 is 0 Å². The number of carbonyl (C=O) groups excluding carboxylic acids is 1. The van der Waals surface area contributed by atoms with Crippen molar-refractivity contribution < 1.29 is 4.79 Å². The van der Waals surface area contributed by atoms with Crippen molar-refractivity contribution in [2.24, 2.45) is 5.41 Å². The number of amides is 1. The zero-order valence-electron chi connectivity index (χ0n) is 11.5. The summed E-state index contributed by atoms with van der Waals surface area (Å²) in [4.78, 5) is 11.8. The zero-order chi connectivity index (χ0) is 13.7. The van der Waals surface area contributed by atoms with Crippen LogP contribution in [0.1, 0.15) is 38.2 Å². The molecular formula is C16H22N2O. The summed E-state index contributed by atoms with van der Waals surface area (Å²) in [5.74, 6) is -0.0258. The second-order valence-electron chi connectivity index (χ2n) is 5.43. The van der Waals surface area contributed by atoms with Crippen LogP contribution in [-0.2, 0) is 4.79 Å². The Hall–Kier alpha value is -1.77. The van der Waals surface area contributed by atoms with Gasteiger partial charge in [-0.15, -0.1) is 0 Å². The second kappa shape index (κ2) is 5.91. The van der Waals surface area contributed by atoms with E-state index in [4.69, 9.17) is 5.73 Å². The predicted octanol–water partition coefficient (Wildman–Crippen LogP) is 2.98. The van der Waals surface area contributed by atoms with Gasteiger partial charge in [0, 0.05) is 18.3 Å². The molecule has 0 aliphatic heterocycles.